The van der Waals surface area contributed by atoms with Gasteiger partial charge in [-0.3, -0.25) is 0 Å². The van der Waals surface area contributed by atoms with E-state index in [1.807, 2.05) is 0 Å². The van der Waals surface area contributed by atoms with Gasteiger partial charge in [0.15, 0.2) is 0 Å². The van der Waals surface area contributed by atoms with Crippen LogP contribution in [0.3, 0.4) is 0 Å². The molecule has 1 saturated carbocycles. The standard InChI is InChI=1S/C15H32N2/c1-12-7-9-13(10-8-12)17(6)11-14(16-5)15(2,3)4/h12-14,16H,7-11H2,1-6H3. The minimum Gasteiger partial charge on any atom is -0.315 e. The number of nitrogens with zero attached hydrogens (tertiary/aromatic N) is 1. The number of hydrogen-bond acceptors (Lipinski definition) is 2. The zero-order valence-electron chi connectivity index (χ0n) is 12.7. The molecule has 1 unspecified atom stereocenters. The lowest BCUT2D eigenvalue weighted by Crippen LogP contribution is -2.49. The van der Waals surface area contributed by atoms with E-state index in [1.165, 1.54) is 32.2 Å². The summed E-state index contributed by atoms with van der Waals surface area (Å²) in [5, 5.41) is 3.48. The zero-order chi connectivity index (χ0) is 13.1. The monoisotopic (exact) mass is 240 g/mol. The average Bonchev–Trinajstić information content (AvgIpc) is 2.24. The minimum absolute atomic E-state index is 0.338. The first-order chi connectivity index (χ1) is 7.84. The minimum atomic E-state index is 0.338. The Morgan fingerprint density at radius 1 is 1.18 bits per heavy atom. The van der Waals surface area contributed by atoms with Crippen molar-refractivity contribution in [2.45, 2.75) is 65.5 Å². The lowest BCUT2D eigenvalue weighted by molar-refractivity contribution is 0.128. The fraction of sp³-hybridized carbons (Fsp3) is 1.00. The van der Waals surface area contributed by atoms with E-state index in [9.17, 15) is 0 Å². The summed E-state index contributed by atoms with van der Waals surface area (Å²) in [5.74, 6) is 0.947. The van der Waals surface area contributed by atoms with E-state index in [2.05, 4.69) is 52.0 Å². The SMILES string of the molecule is CNC(CN(C)C1CCC(C)CC1)C(C)(C)C. The number of rotatable bonds is 4. The van der Waals surface area contributed by atoms with Crippen LogP contribution in [0.25, 0.3) is 0 Å². The van der Waals surface area contributed by atoms with Crippen LogP contribution in [0.5, 0.6) is 0 Å². The second-order valence-corrected chi connectivity index (χ2v) is 7.06. The summed E-state index contributed by atoms with van der Waals surface area (Å²) in [4.78, 5) is 2.58. The van der Waals surface area contributed by atoms with Gasteiger partial charge in [-0.2, -0.15) is 0 Å². The molecule has 0 aromatic rings. The summed E-state index contributed by atoms with van der Waals surface area (Å²) >= 11 is 0. The normalized spacial score (nSPS) is 28.4. The largest absolute Gasteiger partial charge is 0.315 e. The maximum Gasteiger partial charge on any atom is 0.0240 e. The highest BCUT2D eigenvalue weighted by molar-refractivity contribution is 4.85. The van der Waals surface area contributed by atoms with Crippen LogP contribution in [0.2, 0.25) is 0 Å². The number of nitrogens with one attached hydrogen (secondary N) is 1. The summed E-state index contributed by atoms with van der Waals surface area (Å²) in [6.45, 7) is 10.5. The highest BCUT2D eigenvalue weighted by Crippen LogP contribution is 2.28. The summed E-state index contributed by atoms with van der Waals surface area (Å²) in [6.07, 6.45) is 5.60. The van der Waals surface area contributed by atoms with Crippen molar-refractivity contribution in [1.82, 2.24) is 10.2 Å². The van der Waals surface area contributed by atoms with Crippen LogP contribution >= 0.6 is 0 Å². The summed E-state index contributed by atoms with van der Waals surface area (Å²) in [6, 6.07) is 1.39. The van der Waals surface area contributed by atoms with Crippen LogP contribution < -0.4 is 5.32 Å². The van der Waals surface area contributed by atoms with Gasteiger partial charge < -0.3 is 10.2 Å². The first-order valence-corrected chi connectivity index (χ1v) is 7.22. The zero-order valence-corrected chi connectivity index (χ0v) is 12.7. The summed E-state index contributed by atoms with van der Waals surface area (Å²) < 4.78 is 0. The Hall–Kier alpha value is -0.0800. The molecule has 1 atom stereocenters. The van der Waals surface area contributed by atoms with Crippen molar-refractivity contribution >= 4 is 0 Å². The van der Waals surface area contributed by atoms with Crippen molar-refractivity contribution in [2.75, 3.05) is 20.6 Å². The Labute approximate surface area is 108 Å². The Kier molecular flexibility index (Phi) is 5.46. The van der Waals surface area contributed by atoms with E-state index in [-0.39, 0.29) is 0 Å². The van der Waals surface area contributed by atoms with Gasteiger partial charge in [-0.05, 0) is 51.1 Å². The molecular weight excluding hydrogens is 208 g/mol. The van der Waals surface area contributed by atoms with Gasteiger partial charge in [0.25, 0.3) is 0 Å². The van der Waals surface area contributed by atoms with Crippen molar-refractivity contribution < 1.29 is 0 Å². The molecule has 0 spiro atoms. The van der Waals surface area contributed by atoms with Crippen molar-refractivity contribution in [3.8, 4) is 0 Å². The molecule has 1 aliphatic rings. The predicted molar refractivity (Wildman–Crippen MR) is 76.4 cm³/mol. The number of likely N-dealkylation sites (N-methyl/N-ethyl adjacent to an activating group) is 2. The highest BCUT2D eigenvalue weighted by atomic mass is 15.2. The van der Waals surface area contributed by atoms with Crippen molar-refractivity contribution in [1.29, 1.82) is 0 Å². The first-order valence-electron chi connectivity index (χ1n) is 7.22. The molecule has 0 radical (unpaired) electrons. The Bertz CT molecular complexity index is 211. The molecule has 0 saturated heterocycles. The molecule has 2 nitrogen and oxygen atoms in total. The van der Waals surface area contributed by atoms with Gasteiger partial charge in [-0.1, -0.05) is 27.7 Å². The third-order valence-corrected chi connectivity index (χ3v) is 4.47. The van der Waals surface area contributed by atoms with Gasteiger partial charge in [0.2, 0.25) is 0 Å². The van der Waals surface area contributed by atoms with Crippen LogP contribution in [0.1, 0.15) is 53.4 Å². The van der Waals surface area contributed by atoms with Gasteiger partial charge in [0, 0.05) is 18.6 Å². The van der Waals surface area contributed by atoms with Gasteiger partial charge in [-0.15, -0.1) is 0 Å². The van der Waals surface area contributed by atoms with Crippen LogP contribution in [0, 0.1) is 11.3 Å². The smallest absolute Gasteiger partial charge is 0.0240 e. The maximum atomic E-state index is 3.48. The second kappa shape index (κ2) is 6.19. The molecule has 0 heterocycles. The van der Waals surface area contributed by atoms with Crippen molar-refractivity contribution in [3.63, 3.8) is 0 Å². The van der Waals surface area contributed by atoms with Crippen LogP contribution in [-0.4, -0.2) is 37.6 Å². The molecule has 102 valence electrons. The molecule has 0 aromatic heterocycles. The molecule has 1 aliphatic carbocycles. The molecule has 2 heteroatoms. The Balaban J connectivity index is 2.44. The molecule has 17 heavy (non-hydrogen) atoms. The van der Waals surface area contributed by atoms with Crippen molar-refractivity contribution in [3.05, 3.63) is 0 Å². The first kappa shape index (κ1) is 15.0. The molecule has 1 rings (SSSR count). The molecule has 0 aromatic carbocycles. The molecule has 1 N–H and O–H groups in total. The Morgan fingerprint density at radius 2 is 1.71 bits per heavy atom. The third kappa shape index (κ3) is 4.59. The lowest BCUT2D eigenvalue weighted by atomic mass is 9.84. The van der Waals surface area contributed by atoms with Gasteiger partial charge >= 0.3 is 0 Å². The van der Waals surface area contributed by atoms with Crippen LogP contribution in [0.4, 0.5) is 0 Å². The van der Waals surface area contributed by atoms with Crippen molar-refractivity contribution in [2.24, 2.45) is 11.3 Å². The topological polar surface area (TPSA) is 15.3 Å². The van der Waals surface area contributed by atoms with E-state index >= 15 is 0 Å². The van der Waals surface area contributed by atoms with Crippen LogP contribution in [-0.2, 0) is 0 Å². The summed E-state index contributed by atoms with van der Waals surface area (Å²) in [5.41, 5.74) is 0.338. The summed E-state index contributed by atoms with van der Waals surface area (Å²) in [7, 11) is 4.39. The second-order valence-electron chi connectivity index (χ2n) is 7.06. The molecule has 0 aliphatic heterocycles. The van der Waals surface area contributed by atoms with Gasteiger partial charge in [0.05, 0.1) is 0 Å². The fourth-order valence-corrected chi connectivity index (χ4v) is 2.92. The quantitative estimate of drug-likeness (QED) is 0.812. The van der Waals surface area contributed by atoms with Gasteiger partial charge in [-0.25, -0.2) is 0 Å². The number of hydrogen-bond donors (Lipinski definition) is 1. The highest BCUT2D eigenvalue weighted by Gasteiger charge is 2.28. The van der Waals surface area contributed by atoms with E-state index < -0.39 is 0 Å². The van der Waals surface area contributed by atoms with Gasteiger partial charge in [0.1, 0.15) is 0 Å². The van der Waals surface area contributed by atoms with Crippen LogP contribution in [0.15, 0.2) is 0 Å². The Morgan fingerprint density at radius 3 is 2.12 bits per heavy atom. The molecule has 1 fully saturated rings. The maximum absolute atomic E-state index is 3.48. The van der Waals surface area contributed by atoms with E-state index in [4.69, 9.17) is 0 Å². The predicted octanol–water partition coefficient (Wildman–Crippen LogP) is 3.13. The fourth-order valence-electron chi connectivity index (χ4n) is 2.92. The van der Waals surface area contributed by atoms with E-state index in [1.54, 1.807) is 0 Å². The average molecular weight is 240 g/mol. The van der Waals surface area contributed by atoms with E-state index in [0.717, 1.165) is 12.0 Å². The molecule has 0 bridgehead atoms. The molecular formula is C15H32N2. The van der Waals surface area contributed by atoms with E-state index in [0.29, 0.717) is 11.5 Å². The molecule has 0 amide bonds. The lowest BCUT2D eigenvalue weighted by Gasteiger charge is -2.39. The third-order valence-electron chi connectivity index (χ3n) is 4.47.